The van der Waals surface area contributed by atoms with Gasteiger partial charge >= 0.3 is 5.97 Å². The van der Waals surface area contributed by atoms with Crippen LogP contribution in [0.4, 0.5) is 0 Å². The molecular weight excluding hydrogens is 234 g/mol. The summed E-state index contributed by atoms with van der Waals surface area (Å²) in [5.74, 6) is 0.183. The first-order chi connectivity index (χ1) is 8.65. The topological polar surface area (TPSA) is 72.6 Å². The van der Waals surface area contributed by atoms with E-state index in [1.54, 1.807) is 0 Å². The van der Waals surface area contributed by atoms with Crippen molar-refractivity contribution in [1.29, 1.82) is 0 Å². The van der Waals surface area contributed by atoms with Gasteiger partial charge in [-0.3, -0.25) is 0 Å². The number of rotatable bonds is 5. The van der Waals surface area contributed by atoms with Crippen LogP contribution in [0, 0.1) is 6.92 Å². The number of nitrogens with zero attached hydrogens (tertiary/aromatic N) is 1. The summed E-state index contributed by atoms with van der Waals surface area (Å²) in [6.07, 6.45) is 0.480. The second-order valence-electron chi connectivity index (χ2n) is 3.90. The number of aromatic carboxylic acids is 1. The number of hydrogen-bond acceptors (Lipinski definition) is 4. The highest BCUT2D eigenvalue weighted by atomic mass is 16.5. The number of hydrogen-bond donors (Lipinski definition) is 1. The van der Waals surface area contributed by atoms with Crippen LogP contribution >= 0.6 is 0 Å². The molecule has 5 nitrogen and oxygen atoms in total. The molecule has 0 unspecified atom stereocenters. The van der Waals surface area contributed by atoms with Gasteiger partial charge in [0.2, 0.25) is 0 Å². The molecular formula is C13H13NO4. The zero-order valence-corrected chi connectivity index (χ0v) is 9.92. The Balaban J connectivity index is 1.84. The van der Waals surface area contributed by atoms with Gasteiger partial charge in [-0.05, 0) is 19.1 Å². The third-order valence-corrected chi connectivity index (χ3v) is 2.42. The number of benzene rings is 1. The van der Waals surface area contributed by atoms with Gasteiger partial charge < -0.3 is 14.4 Å². The molecule has 0 spiro atoms. The van der Waals surface area contributed by atoms with Crippen molar-refractivity contribution >= 4 is 5.97 Å². The molecule has 0 bridgehead atoms. The highest BCUT2D eigenvalue weighted by molar-refractivity contribution is 5.85. The molecule has 0 radical (unpaired) electrons. The maximum atomic E-state index is 10.6. The molecule has 1 heterocycles. The van der Waals surface area contributed by atoms with Crippen molar-refractivity contribution in [3.63, 3.8) is 0 Å². The van der Waals surface area contributed by atoms with Gasteiger partial charge in [-0.2, -0.15) is 0 Å². The maximum Gasteiger partial charge on any atom is 0.358 e. The molecule has 1 aromatic heterocycles. The zero-order chi connectivity index (χ0) is 13.0. The standard InChI is InChI=1S/C13H13NO4/c1-9-2-4-10(5-3-9)17-7-6-11-8-12(13(15)16)14-18-11/h2-5,8H,6-7H2,1H3,(H,15,16). The number of ether oxygens (including phenoxy) is 1. The normalized spacial score (nSPS) is 10.3. The molecule has 2 aromatic rings. The average molecular weight is 247 g/mol. The summed E-state index contributed by atoms with van der Waals surface area (Å²) in [6, 6.07) is 9.11. The Labute approximate surface area is 104 Å². The van der Waals surface area contributed by atoms with Crippen LogP contribution in [-0.4, -0.2) is 22.8 Å². The molecule has 94 valence electrons. The predicted molar refractivity (Wildman–Crippen MR) is 63.8 cm³/mol. The van der Waals surface area contributed by atoms with Crippen LogP contribution in [0.2, 0.25) is 0 Å². The average Bonchev–Trinajstić information content (AvgIpc) is 2.81. The molecule has 0 fully saturated rings. The fourth-order valence-electron chi connectivity index (χ4n) is 1.44. The van der Waals surface area contributed by atoms with E-state index in [2.05, 4.69) is 5.16 Å². The molecule has 0 amide bonds. The van der Waals surface area contributed by atoms with Gasteiger partial charge in [-0.15, -0.1) is 0 Å². The molecule has 18 heavy (non-hydrogen) atoms. The lowest BCUT2D eigenvalue weighted by Gasteiger charge is -2.04. The molecule has 0 saturated carbocycles. The Morgan fingerprint density at radius 1 is 1.39 bits per heavy atom. The number of carbonyl (C=O) groups is 1. The summed E-state index contributed by atoms with van der Waals surface area (Å²) in [4.78, 5) is 10.6. The van der Waals surface area contributed by atoms with Crippen molar-refractivity contribution in [1.82, 2.24) is 5.16 Å². The number of aromatic nitrogens is 1. The van der Waals surface area contributed by atoms with Crippen LogP contribution in [0.1, 0.15) is 21.8 Å². The molecule has 0 aliphatic heterocycles. The van der Waals surface area contributed by atoms with E-state index in [0.717, 1.165) is 5.75 Å². The van der Waals surface area contributed by atoms with Crippen LogP contribution < -0.4 is 4.74 Å². The Morgan fingerprint density at radius 3 is 2.72 bits per heavy atom. The number of carboxylic acid groups (broad SMARTS) is 1. The van der Waals surface area contributed by atoms with Crippen molar-refractivity contribution in [2.24, 2.45) is 0 Å². The highest BCUT2D eigenvalue weighted by Crippen LogP contribution is 2.12. The SMILES string of the molecule is Cc1ccc(OCCc2cc(C(=O)O)no2)cc1. The summed E-state index contributed by atoms with van der Waals surface area (Å²) in [5, 5.41) is 12.1. The first-order valence-electron chi connectivity index (χ1n) is 5.53. The smallest absolute Gasteiger partial charge is 0.358 e. The Morgan fingerprint density at radius 2 is 2.11 bits per heavy atom. The van der Waals surface area contributed by atoms with E-state index in [1.165, 1.54) is 11.6 Å². The van der Waals surface area contributed by atoms with Gasteiger partial charge in [-0.1, -0.05) is 22.9 Å². The Hall–Kier alpha value is -2.30. The van der Waals surface area contributed by atoms with Gasteiger partial charge in [0.1, 0.15) is 11.5 Å². The van der Waals surface area contributed by atoms with E-state index in [4.69, 9.17) is 14.4 Å². The Kier molecular flexibility index (Phi) is 3.62. The lowest BCUT2D eigenvalue weighted by molar-refractivity contribution is 0.0685. The van der Waals surface area contributed by atoms with E-state index < -0.39 is 5.97 Å². The molecule has 0 aliphatic carbocycles. The Bertz CT molecular complexity index is 530. The minimum Gasteiger partial charge on any atom is -0.493 e. The molecule has 1 aromatic carbocycles. The predicted octanol–water partition coefficient (Wildman–Crippen LogP) is 2.30. The van der Waals surface area contributed by atoms with E-state index in [9.17, 15) is 4.79 Å². The summed E-state index contributed by atoms with van der Waals surface area (Å²) >= 11 is 0. The molecule has 0 saturated heterocycles. The van der Waals surface area contributed by atoms with E-state index >= 15 is 0 Å². The number of carboxylic acids is 1. The summed E-state index contributed by atoms with van der Waals surface area (Å²) in [5.41, 5.74) is 1.09. The maximum absolute atomic E-state index is 10.6. The van der Waals surface area contributed by atoms with Crippen LogP contribution in [0.3, 0.4) is 0 Å². The lowest BCUT2D eigenvalue weighted by Crippen LogP contribution is -2.00. The van der Waals surface area contributed by atoms with Crippen molar-refractivity contribution in [3.8, 4) is 5.75 Å². The monoisotopic (exact) mass is 247 g/mol. The molecule has 2 rings (SSSR count). The van der Waals surface area contributed by atoms with E-state index in [1.807, 2.05) is 31.2 Å². The second-order valence-corrected chi connectivity index (χ2v) is 3.90. The van der Waals surface area contributed by atoms with Gasteiger partial charge in [-0.25, -0.2) is 4.79 Å². The van der Waals surface area contributed by atoms with Crippen LogP contribution in [0.5, 0.6) is 5.75 Å². The van der Waals surface area contributed by atoms with Crippen LogP contribution in [0.25, 0.3) is 0 Å². The van der Waals surface area contributed by atoms with Gasteiger partial charge in [0.05, 0.1) is 6.61 Å². The fraction of sp³-hybridized carbons (Fsp3) is 0.231. The zero-order valence-electron chi connectivity index (χ0n) is 9.92. The van der Waals surface area contributed by atoms with Crippen LogP contribution in [-0.2, 0) is 6.42 Å². The summed E-state index contributed by atoms with van der Waals surface area (Å²) < 4.78 is 10.4. The van der Waals surface area contributed by atoms with Gasteiger partial charge in [0.15, 0.2) is 5.69 Å². The summed E-state index contributed by atoms with van der Waals surface area (Å²) in [7, 11) is 0. The first kappa shape index (κ1) is 12.2. The highest BCUT2D eigenvalue weighted by Gasteiger charge is 2.10. The quantitative estimate of drug-likeness (QED) is 0.877. The molecule has 1 N–H and O–H groups in total. The molecule has 0 aliphatic rings. The van der Waals surface area contributed by atoms with Crippen molar-refractivity contribution < 1.29 is 19.2 Å². The molecule has 0 atom stereocenters. The van der Waals surface area contributed by atoms with Gasteiger partial charge in [0, 0.05) is 12.5 Å². The van der Waals surface area contributed by atoms with E-state index in [0.29, 0.717) is 18.8 Å². The van der Waals surface area contributed by atoms with E-state index in [-0.39, 0.29) is 5.69 Å². The van der Waals surface area contributed by atoms with Crippen LogP contribution in [0.15, 0.2) is 34.9 Å². The minimum atomic E-state index is -1.09. The lowest BCUT2D eigenvalue weighted by atomic mass is 10.2. The van der Waals surface area contributed by atoms with Crippen molar-refractivity contribution in [3.05, 3.63) is 47.3 Å². The van der Waals surface area contributed by atoms with Crippen molar-refractivity contribution in [2.75, 3.05) is 6.61 Å². The number of aryl methyl sites for hydroxylation is 1. The third-order valence-electron chi connectivity index (χ3n) is 2.42. The molecule has 5 heteroatoms. The minimum absolute atomic E-state index is 0.0830. The third kappa shape index (κ3) is 3.10. The van der Waals surface area contributed by atoms with Crippen molar-refractivity contribution in [2.45, 2.75) is 13.3 Å². The largest absolute Gasteiger partial charge is 0.493 e. The summed E-state index contributed by atoms with van der Waals surface area (Å²) in [6.45, 7) is 2.42. The fourth-order valence-corrected chi connectivity index (χ4v) is 1.44. The van der Waals surface area contributed by atoms with Gasteiger partial charge in [0.25, 0.3) is 0 Å². The first-order valence-corrected chi connectivity index (χ1v) is 5.53. The second kappa shape index (κ2) is 5.35.